The van der Waals surface area contributed by atoms with Crippen LogP contribution in [0.2, 0.25) is 0 Å². The molecule has 0 atom stereocenters. The zero-order valence-corrected chi connectivity index (χ0v) is 20.1. The van der Waals surface area contributed by atoms with Crippen LogP contribution in [0.25, 0.3) is 0 Å². The summed E-state index contributed by atoms with van der Waals surface area (Å²) < 4.78 is 10.8. The summed E-state index contributed by atoms with van der Waals surface area (Å²) in [5.74, 6) is 0.904. The Kier molecular flexibility index (Phi) is 12.7. The predicted molar refractivity (Wildman–Crippen MR) is 127 cm³/mol. The molecule has 160 valence electrons. The van der Waals surface area contributed by atoms with Crippen LogP contribution in [0.1, 0.15) is 57.1 Å². The third kappa shape index (κ3) is 8.66. The maximum Gasteiger partial charge on any atom is 0.191 e. The number of hydrogen-bond donors (Lipinski definition) is 2. The Labute approximate surface area is 188 Å². The highest BCUT2D eigenvalue weighted by atomic mass is 127. The molecule has 1 fully saturated rings. The lowest BCUT2D eigenvalue weighted by molar-refractivity contribution is 0.105. The minimum absolute atomic E-state index is 0. The van der Waals surface area contributed by atoms with Crippen LogP contribution in [0.15, 0.2) is 29.3 Å². The van der Waals surface area contributed by atoms with E-state index in [-0.39, 0.29) is 24.0 Å². The first kappa shape index (κ1) is 25.2. The van der Waals surface area contributed by atoms with Crippen molar-refractivity contribution < 1.29 is 9.47 Å². The summed E-state index contributed by atoms with van der Waals surface area (Å²) in [6.07, 6.45) is 6.36. The normalized spacial score (nSPS) is 15.9. The van der Waals surface area contributed by atoms with Gasteiger partial charge in [-0.2, -0.15) is 0 Å². The average molecular weight is 503 g/mol. The number of halogens is 1. The molecule has 0 amide bonds. The van der Waals surface area contributed by atoms with Gasteiger partial charge in [-0.05, 0) is 49.7 Å². The molecule has 0 aliphatic heterocycles. The van der Waals surface area contributed by atoms with E-state index in [9.17, 15) is 0 Å². The molecule has 0 heterocycles. The highest BCUT2D eigenvalue weighted by molar-refractivity contribution is 14.0. The molecule has 1 saturated carbocycles. The molecule has 5 nitrogen and oxygen atoms in total. The second-order valence-corrected chi connectivity index (χ2v) is 7.45. The van der Waals surface area contributed by atoms with Crippen LogP contribution in [-0.2, 0) is 22.6 Å². The fourth-order valence-electron chi connectivity index (χ4n) is 3.76. The van der Waals surface area contributed by atoms with E-state index < -0.39 is 0 Å². The minimum Gasteiger partial charge on any atom is -0.382 e. The zero-order chi connectivity index (χ0) is 19.4. The van der Waals surface area contributed by atoms with E-state index in [0.29, 0.717) is 18.6 Å². The number of benzene rings is 1. The lowest BCUT2D eigenvalue weighted by atomic mass is 9.83. The Balaban J connectivity index is 0.00000392. The van der Waals surface area contributed by atoms with Crippen molar-refractivity contribution in [1.82, 2.24) is 10.6 Å². The Bertz CT molecular complexity index is 557. The van der Waals surface area contributed by atoms with Crippen LogP contribution < -0.4 is 10.6 Å². The third-order valence-electron chi connectivity index (χ3n) is 5.37. The van der Waals surface area contributed by atoms with Crippen LogP contribution in [0.4, 0.5) is 0 Å². The van der Waals surface area contributed by atoms with Gasteiger partial charge in [0.25, 0.3) is 0 Å². The van der Waals surface area contributed by atoms with Crippen LogP contribution in [0.5, 0.6) is 0 Å². The van der Waals surface area contributed by atoms with Gasteiger partial charge in [0, 0.05) is 33.4 Å². The monoisotopic (exact) mass is 503 g/mol. The molecule has 0 radical (unpaired) electrons. The molecular weight excluding hydrogens is 465 g/mol. The van der Waals surface area contributed by atoms with Gasteiger partial charge in [0.05, 0.1) is 13.2 Å². The highest BCUT2D eigenvalue weighted by Gasteiger charge is 2.33. The Morgan fingerprint density at radius 1 is 1.07 bits per heavy atom. The van der Waals surface area contributed by atoms with Crippen LogP contribution in [-0.4, -0.2) is 39.4 Å². The summed E-state index contributed by atoms with van der Waals surface area (Å²) in [6.45, 7) is 9.00. The van der Waals surface area contributed by atoms with E-state index in [1.807, 2.05) is 0 Å². The number of aliphatic imine (C=N–C) groups is 1. The van der Waals surface area contributed by atoms with E-state index in [2.05, 4.69) is 48.7 Å². The van der Waals surface area contributed by atoms with Crippen molar-refractivity contribution >= 4 is 29.9 Å². The first-order valence-corrected chi connectivity index (χ1v) is 10.4. The molecule has 2 rings (SSSR count). The largest absolute Gasteiger partial charge is 0.382 e. The van der Waals surface area contributed by atoms with Crippen molar-refractivity contribution in [2.75, 3.05) is 33.4 Å². The summed E-state index contributed by atoms with van der Waals surface area (Å²) in [5.41, 5.74) is 2.75. The number of methoxy groups -OCH3 is 1. The van der Waals surface area contributed by atoms with Gasteiger partial charge in [-0.3, -0.25) is 0 Å². The molecule has 2 N–H and O–H groups in total. The van der Waals surface area contributed by atoms with E-state index in [0.717, 1.165) is 38.7 Å². The molecule has 0 aromatic heterocycles. The standard InChI is InChI=1S/C22H37N3O2.HI/c1-4-23-21(24-16-19-8-10-20(11-9-19)17-26-3)25-18-22(12-6-7-13-22)14-15-27-5-2;/h8-11H,4-7,12-18H2,1-3H3,(H2,23,24,25);1H. The Morgan fingerprint density at radius 3 is 2.36 bits per heavy atom. The summed E-state index contributed by atoms with van der Waals surface area (Å²) in [6, 6.07) is 8.47. The van der Waals surface area contributed by atoms with Crippen molar-refractivity contribution in [3.63, 3.8) is 0 Å². The first-order valence-electron chi connectivity index (χ1n) is 10.4. The molecule has 0 spiro atoms. The van der Waals surface area contributed by atoms with E-state index >= 15 is 0 Å². The topological polar surface area (TPSA) is 54.9 Å². The molecule has 28 heavy (non-hydrogen) atoms. The second kappa shape index (κ2) is 14.2. The molecule has 1 aliphatic rings. The summed E-state index contributed by atoms with van der Waals surface area (Å²) in [5, 5.41) is 6.98. The van der Waals surface area contributed by atoms with Crippen molar-refractivity contribution in [3.05, 3.63) is 35.4 Å². The quantitative estimate of drug-likeness (QED) is 0.202. The Hall–Kier alpha value is -0.860. The number of guanidine groups is 1. The molecule has 0 unspecified atom stereocenters. The molecule has 1 aromatic rings. The smallest absolute Gasteiger partial charge is 0.191 e. The van der Waals surface area contributed by atoms with Gasteiger partial charge >= 0.3 is 0 Å². The minimum atomic E-state index is 0. The van der Waals surface area contributed by atoms with Crippen LogP contribution in [0, 0.1) is 5.41 Å². The van der Waals surface area contributed by atoms with E-state index in [1.54, 1.807) is 7.11 Å². The maximum atomic E-state index is 5.62. The molecule has 6 heteroatoms. The number of hydrogen-bond acceptors (Lipinski definition) is 3. The number of nitrogens with one attached hydrogen (secondary N) is 2. The van der Waals surface area contributed by atoms with Crippen molar-refractivity contribution in [1.29, 1.82) is 0 Å². The van der Waals surface area contributed by atoms with E-state index in [1.165, 1.54) is 36.8 Å². The van der Waals surface area contributed by atoms with Crippen molar-refractivity contribution in [2.24, 2.45) is 10.4 Å². The van der Waals surface area contributed by atoms with Gasteiger partial charge in [-0.25, -0.2) is 4.99 Å². The van der Waals surface area contributed by atoms with E-state index in [4.69, 9.17) is 14.5 Å². The average Bonchev–Trinajstić information content (AvgIpc) is 3.15. The summed E-state index contributed by atoms with van der Waals surface area (Å²) in [7, 11) is 1.72. The highest BCUT2D eigenvalue weighted by Crippen LogP contribution is 2.40. The first-order chi connectivity index (χ1) is 13.2. The van der Waals surface area contributed by atoms with Gasteiger partial charge in [-0.1, -0.05) is 37.1 Å². The van der Waals surface area contributed by atoms with Gasteiger partial charge in [0.1, 0.15) is 0 Å². The molecule has 1 aliphatic carbocycles. The van der Waals surface area contributed by atoms with Crippen molar-refractivity contribution in [2.45, 2.75) is 59.1 Å². The number of nitrogens with zero attached hydrogens (tertiary/aromatic N) is 1. The predicted octanol–water partition coefficient (Wildman–Crippen LogP) is 4.49. The Morgan fingerprint density at radius 2 is 1.75 bits per heavy atom. The third-order valence-corrected chi connectivity index (χ3v) is 5.37. The fraction of sp³-hybridized carbons (Fsp3) is 0.682. The second-order valence-electron chi connectivity index (χ2n) is 7.45. The maximum absolute atomic E-state index is 5.62. The van der Waals surface area contributed by atoms with Crippen LogP contribution >= 0.6 is 24.0 Å². The van der Waals surface area contributed by atoms with Gasteiger partial charge in [0.15, 0.2) is 5.96 Å². The molecule has 0 bridgehead atoms. The van der Waals surface area contributed by atoms with Crippen LogP contribution in [0.3, 0.4) is 0 Å². The SMILES string of the molecule is CCNC(=NCc1ccc(COC)cc1)NCC1(CCOCC)CCCC1.I. The summed E-state index contributed by atoms with van der Waals surface area (Å²) >= 11 is 0. The fourth-order valence-corrected chi connectivity index (χ4v) is 3.76. The molecule has 0 saturated heterocycles. The summed E-state index contributed by atoms with van der Waals surface area (Å²) in [4.78, 5) is 4.78. The number of ether oxygens (including phenoxy) is 2. The lowest BCUT2D eigenvalue weighted by Crippen LogP contribution is -2.43. The van der Waals surface area contributed by atoms with Crippen molar-refractivity contribution in [3.8, 4) is 0 Å². The van der Waals surface area contributed by atoms with Gasteiger partial charge in [-0.15, -0.1) is 24.0 Å². The number of rotatable bonds is 11. The van der Waals surface area contributed by atoms with Gasteiger partial charge < -0.3 is 20.1 Å². The van der Waals surface area contributed by atoms with Gasteiger partial charge in [0.2, 0.25) is 0 Å². The molecular formula is C22H38IN3O2. The lowest BCUT2D eigenvalue weighted by Gasteiger charge is -2.30. The molecule has 1 aromatic carbocycles. The zero-order valence-electron chi connectivity index (χ0n) is 17.8.